The number of furan rings is 1. The molecule has 0 amide bonds. The Morgan fingerprint density at radius 1 is 1.15 bits per heavy atom. The van der Waals surface area contributed by atoms with Crippen molar-refractivity contribution in [2.75, 3.05) is 7.11 Å². The van der Waals surface area contributed by atoms with Gasteiger partial charge in [0.1, 0.15) is 17.5 Å². The Hall–Kier alpha value is -5.36. The monoisotopic (exact) mass is 567 g/mol. The summed E-state index contributed by atoms with van der Waals surface area (Å²) in [6.45, 7) is 1.68. The molecular weight excluding hydrogens is 546 g/mol. The number of carbonyl (C=O) groups excluding carboxylic acids is 1. The number of esters is 1. The van der Waals surface area contributed by atoms with Gasteiger partial charge in [0.15, 0.2) is 4.80 Å². The maximum atomic E-state index is 13.9. The lowest BCUT2D eigenvalue weighted by Crippen LogP contribution is -2.39. The highest BCUT2D eigenvalue weighted by Crippen LogP contribution is 2.31. The number of aromatic nitrogens is 3. The summed E-state index contributed by atoms with van der Waals surface area (Å²) in [7, 11) is 1.27. The molecule has 0 saturated carbocycles. The number of methoxy groups -OCH3 is 1. The number of nitro benzene ring substituents is 1. The predicted molar refractivity (Wildman–Crippen MR) is 150 cm³/mol. The zero-order valence-corrected chi connectivity index (χ0v) is 22.6. The normalized spacial score (nSPS) is 15.0. The molecule has 4 heterocycles. The summed E-state index contributed by atoms with van der Waals surface area (Å²) in [5, 5.41) is 16.2. The number of hydrogen-bond acceptors (Lipinski definition) is 9. The van der Waals surface area contributed by atoms with E-state index in [1.807, 2.05) is 30.3 Å². The number of nitrogens with zero attached hydrogens (tertiary/aromatic N) is 5. The average Bonchev–Trinajstić information content (AvgIpc) is 3.73. The third kappa shape index (κ3) is 4.59. The van der Waals surface area contributed by atoms with Crippen LogP contribution in [0.3, 0.4) is 0 Å². The van der Waals surface area contributed by atoms with Crippen LogP contribution in [0.2, 0.25) is 0 Å². The SMILES string of the molecule is COC(=O)C1=C(C)N=c2sc(=Cc3cn(-c4ccccc4)nc3-c3cccc([N+](=O)[O-])c3)c(=O)n2C1c1ccco1. The van der Waals surface area contributed by atoms with Crippen molar-refractivity contribution in [2.24, 2.45) is 4.99 Å². The van der Waals surface area contributed by atoms with Crippen LogP contribution in [-0.2, 0) is 9.53 Å². The van der Waals surface area contributed by atoms with E-state index in [0.717, 1.165) is 17.0 Å². The fourth-order valence-corrected chi connectivity index (χ4v) is 5.78. The molecule has 2 aromatic carbocycles. The van der Waals surface area contributed by atoms with Gasteiger partial charge in [0.05, 0.1) is 39.8 Å². The molecule has 204 valence electrons. The van der Waals surface area contributed by atoms with E-state index in [2.05, 4.69) is 4.99 Å². The van der Waals surface area contributed by atoms with Crippen LogP contribution in [0, 0.1) is 10.1 Å². The lowest BCUT2D eigenvalue weighted by atomic mass is 10.0. The lowest BCUT2D eigenvalue weighted by Gasteiger charge is -2.22. The molecule has 1 aliphatic rings. The van der Waals surface area contributed by atoms with Gasteiger partial charge in [-0.3, -0.25) is 19.5 Å². The summed E-state index contributed by atoms with van der Waals surface area (Å²) in [5.41, 5.74) is 2.47. The van der Waals surface area contributed by atoms with Gasteiger partial charge in [-0.1, -0.05) is 41.7 Å². The van der Waals surface area contributed by atoms with Crippen molar-refractivity contribution in [3.8, 4) is 16.9 Å². The Morgan fingerprint density at radius 3 is 2.66 bits per heavy atom. The summed E-state index contributed by atoms with van der Waals surface area (Å²) in [5.74, 6) is -0.222. The van der Waals surface area contributed by atoms with Gasteiger partial charge in [-0.15, -0.1) is 0 Å². The molecule has 6 rings (SSSR count). The van der Waals surface area contributed by atoms with Gasteiger partial charge >= 0.3 is 5.97 Å². The molecule has 0 aliphatic carbocycles. The predicted octanol–water partition coefficient (Wildman–Crippen LogP) is 3.76. The number of allylic oxidation sites excluding steroid dienone is 1. The lowest BCUT2D eigenvalue weighted by molar-refractivity contribution is -0.384. The Morgan fingerprint density at radius 2 is 1.95 bits per heavy atom. The van der Waals surface area contributed by atoms with Crippen LogP contribution >= 0.6 is 11.3 Å². The molecule has 0 saturated heterocycles. The Balaban J connectivity index is 1.57. The Labute approximate surface area is 235 Å². The zero-order chi connectivity index (χ0) is 28.7. The summed E-state index contributed by atoms with van der Waals surface area (Å²) in [4.78, 5) is 42.6. The molecular formula is C29H21N5O6S. The molecule has 41 heavy (non-hydrogen) atoms. The third-order valence-corrected chi connectivity index (χ3v) is 7.60. The molecule has 0 N–H and O–H groups in total. The first-order chi connectivity index (χ1) is 19.9. The molecule has 1 atom stereocenters. The largest absolute Gasteiger partial charge is 0.467 e. The standard InChI is InChI=1S/C29H21N5O6S/c1-17-24(28(36)39-2)26(22-12-7-13-40-22)33-27(35)23(41-29(33)30-17)15-19-16-32(20-9-4-3-5-10-20)31-25(19)18-8-6-11-21(14-18)34(37)38/h3-16,26H,1-2H3. The van der Waals surface area contributed by atoms with E-state index in [0.29, 0.717) is 37.6 Å². The van der Waals surface area contributed by atoms with Gasteiger partial charge < -0.3 is 9.15 Å². The number of thiazole rings is 1. The van der Waals surface area contributed by atoms with Crippen molar-refractivity contribution in [1.82, 2.24) is 14.3 Å². The minimum Gasteiger partial charge on any atom is -0.467 e. The highest BCUT2D eigenvalue weighted by molar-refractivity contribution is 7.07. The van der Waals surface area contributed by atoms with E-state index in [9.17, 15) is 19.7 Å². The van der Waals surface area contributed by atoms with Crippen molar-refractivity contribution >= 4 is 29.1 Å². The molecule has 3 aromatic heterocycles. The maximum Gasteiger partial charge on any atom is 0.338 e. The molecule has 11 nitrogen and oxygen atoms in total. The molecule has 0 spiro atoms. The molecule has 0 radical (unpaired) electrons. The number of hydrogen-bond donors (Lipinski definition) is 0. The third-order valence-electron chi connectivity index (χ3n) is 6.62. The zero-order valence-electron chi connectivity index (χ0n) is 21.8. The summed E-state index contributed by atoms with van der Waals surface area (Å²) in [6.07, 6.45) is 4.91. The number of ether oxygens (including phenoxy) is 1. The first-order valence-electron chi connectivity index (χ1n) is 12.4. The number of para-hydroxylation sites is 1. The second-order valence-electron chi connectivity index (χ2n) is 9.11. The number of fused-ring (bicyclic) bond motifs is 1. The van der Waals surface area contributed by atoms with Gasteiger partial charge in [-0.25, -0.2) is 14.5 Å². The smallest absolute Gasteiger partial charge is 0.338 e. The summed E-state index contributed by atoms with van der Waals surface area (Å²) in [6, 6.07) is 18.1. The summed E-state index contributed by atoms with van der Waals surface area (Å²) >= 11 is 1.15. The van der Waals surface area contributed by atoms with Crippen molar-refractivity contribution in [2.45, 2.75) is 13.0 Å². The molecule has 1 unspecified atom stereocenters. The van der Waals surface area contributed by atoms with Crippen molar-refractivity contribution in [3.63, 3.8) is 0 Å². The summed E-state index contributed by atoms with van der Waals surface area (Å²) < 4.78 is 14.0. The first kappa shape index (κ1) is 25.9. The first-order valence-corrected chi connectivity index (χ1v) is 13.2. The highest BCUT2D eigenvalue weighted by atomic mass is 32.1. The van der Waals surface area contributed by atoms with Crippen molar-refractivity contribution < 1.29 is 18.9 Å². The van der Waals surface area contributed by atoms with Gasteiger partial charge in [0.25, 0.3) is 11.2 Å². The van der Waals surface area contributed by atoms with E-state index in [4.69, 9.17) is 14.3 Å². The Kier molecular flexibility index (Phi) is 6.52. The van der Waals surface area contributed by atoms with Crippen LogP contribution < -0.4 is 14.9 Å². The second-order valence-corrected chi connectivity index (χ2v) is 10.1. The van der Waals surface area contributed by atoms with E-state index in [-0.39, 0.29) is 16.8 Å². The van der Waals surface area contributed by atoms with E-state index in [1.165, 1.54) is 30.1 Å². The fraction of sp³-hybridized carbons (Fsp3) is 0.103. The van der Waals surface area contributed by atoms with Gasteiger partial charge in [-0.05, 0) is 37.3 Å². The molecule has 0 fully saturated rings. The average molecular weight is 568 g/mol. The highest BCUT2D eigenvalue weighted by Gasteiger charge is 2.34. The van der Waals surface area contributed by atoms with Gasteiger partial charge in [0, 0.05) is 29.5 Å². The van der Waals surface area contributed by atoms with Crippen molar-refractivity contribution in [1.29, 1.82) is 0 Å². The quantitative estimate of drug-likeness (QED) is 0.173. The number of benzene rings is 2. The van der Waals surface area contributed by atoms with E-state index < -0.39 is 16.9 Å². The fourth-order valence-electron chi connectivity index (χ4n) is 4.75. The Bertz CT molecular complexity index is 2020. The minimum atomic E-state index is -0.862. The van der Waals surface area contributed by atoms with Crippen LogP contribution in [0.15, 0.2) is 105 Å². The van der Waals surface area contributed by atoms with E-state index in [1.54, 1.807) is 48.1 Å². The number of rotatable bonds is 6. The van der Waals surface area contributed by atoms with Crippen LogP contribution in [0.4, 0.5) is 5.69 Å². The van der Waals surface area contributed by atoms with Gasteiger partial charge in [-0.2, -0.15) is 5.10 Å². The van der Waals surface area contributed by atoms with Crippen LogP contribution in [0.25, 0.3) is 23.0 Å². The van der Waals surface area contributed by atoms with Crippen LogP contribution in [0.1, 0.15) is 24.3 Å². The van der Waals surface area contributed by atoms with Crippen LogP contribution in [0.5, 0.6) is 0 Å². The molecule has 5 aromatic rings. The number of non-ortho nitro benzene ring substituents is 1. The van der Waals surface area contributed by atoms with E-state index >= 15 is 0 Å². The minimum absolute atomic E-state index is 0.0775. The van der Waals surface area contributed by atoms with Crippen molar-refractivity contribution in [3.05, 3.63) is 132 Å². The number of carbonyl (C=O) groups is 1. The number of nitro groups is 1. The van der Waals surface area contributed by atoms with Gasteiger partial charge in [0.2, 0.25) is 0 Å². The molecule has 0 bridgehead atoms. The second kappa shape index (κ2) is 10.3. The topological polar surface area (TPSA) is 135 Å². The molecule has 1 aliphatic heterocycles. The van der Waals surface area contributed by atoms with Crippen LogP contribution in [-0.4, -0.2) is 32.3 Å². The maximum absolute atomic E-state index is 13.9. The molecule has 12 heteroatoms.